The van der Waals surface area contributed by atoms with E-state index in [-0.39, 0.29) is 0 Å². The molecule has 0 aromatic heterocycles. The highest BCUT2D eigenvalue weighted by molar-refractivity contribution is 5.76. The summed E-state index contributed by atoms with van der Waals surface area (Å²) in [6.45, 7) is 4.46. The third-order valence-corrected chi connectivity index (χ3v) is 2.67. The second-order valence-corrected chi connectivity index (χ2v) is 4.08. The lowest BCUT2D eigenvalue weighted by molar-refractivity contribution is -0.720. The highest BCUT2D eigenvalue weighted by atomic mass is 15.2. The number of nitrogens with one attached hydrogen (secondary N) is 1. The molecule has 14 heavy (non-hydrogen) atoms. The molecule has 1 unspecified atom stereocenters. The van der Waals surface area contributed by atoms with Gasteiger partial charge in [-0.2, -0.15) is 4.99 Å². The maximum atomic E-state index is 4.68. The molecule has 0 saturated carbocycles. The maximum absolute atomic E-state index is 4.68. The first-order valence-corrected chi connectivity index (χ1v) is 5.90. The Labute approximate surface area is 87.7 Å². The molecule has 0 amide bonds. The molecular formula is C12H23N2+. The lowest BCUT2D eigenvalue weighted by atomic mass is 10.2. The Balaban J connectivity index is 2.40. The van der Waals surface area contributed by atoms with Gasteiger partial charge in [-0.15, -0.1) is 0 Å². The van der Waals surface area contributed by atoms with Crippen LogP contribution in [-0.2, 0) is 0 Å². The van der Waals surface area contributed by atoms with E-state index < -0.39 is 0 Å². The van der Waals surface area contributed by atoms with E-state index in [0.29, 0.717) is 0 Å². The molecule has 1 N–H and O–H groups in total. The van der Waals surface area contributed by atoms with Crippen molar-refractivity contribution in [2.45, 2.75) is 52.4 Å². The summed E-state index contributed by atoms with van der Waals surface area (Å²) in [6.07, 6.45) is 9.64. The molecule has 80 valence electrons. The Morgan fingerprint density at radius 2 is 1.79 bits per heavy atom. The summed E-state index contributed by atoms with van der Waals surface area (Å²) in [4.78, 5) is 6.08. The van der Waals surface area contributed by atoms with Crippen molar-refractivity contribution in [2.24, 2.45) is 4.99 Å². The van der Waals surface area contributed by atoms with Crippen molar-refractivity contribution in [1.29, 1.82) is 0 Å². The lowest BCUT2D eigenvalue weighted by Crippen LogP contribution is -3.06. The summed E-state index contributed by atoms with van der Waals surface area (Å²) < 4.78 is 0. The number of hydrogen-bond acceptors (Lipinski definition) is 1. The van der Waals surface area contributed by atoms with Crippen LogP contribution < -0.4 is 4.90 Å². The lowest BCUT2D eigenvalue weighted by Gasteiger charge is -2.03. The first kappa shape index (κ1) is 11.4. The van der Waals surface area contributed by atoms with Crippen LogP contribution >= 0.6 is 0 Å². The molecule has 1 aliphatic heterocycles. The monoisotopic (exact) mass is 195 g/mol. The van der Waals surface area contributed by atoms with E-state index in [2.05, 4.69) is 32.1 Å². The van der Waals surface area contributed by atoms with Gasteiger partial charge >= 0.3 is 0 Å². The fourth-order valence-electron chi connectivity index (χ4n) is 1.71. The van der Waals surface area contributed by atoms with E-state index >= 15 is 0 Å². The molecule has 1 atom stereocenters. The Hall–Kier alpha value is -0.630. The van der Waals surface area contributed by atoms with Crippen molar-refractivity contribution in [1.82, 2.24) is 0 Å². The molecule has 1 aliphatic rings. The summed E-state index contributed by atoms with van der Waals surface area (Å²) in [7, 11) is 2.19. The Morgan fingerprint density at radius 1 is 1.14 bits per heavy atom. The summed E-state index contributed by atoms with van der Waals surface area (Å²) in [5.41, 5.74) is 1.30. The van der Waals surface area contributed by atoms with E-state index in [1.54, 1.807) is 0 Å². The van der Waals surface area contributed by atoms with Gasteiger partial charge in [-0.3, -0.25) is 4.90 Å². The predicted octanol–water partition coefficient (Wildman–Crippen LogP) is 2.13. The van der Waals surface area contributed by atoms with Gasteiger partial charge in [0.05, 0.1) is 12.7 Å². The molecule has 1 heterocycles. The minimum atomic E-state index is 1.16. The zero-order valence-electron chi connectivity index (χ0n) is 9.77. The summed E-state index contributed by atoms with van der Waals surface area (Å²) >= 11 is 0. The normalized spacial score (nSPS) is 20.9. The van der Waals surface area contributed by atoms with Crippen LogP contribution in [0.1, 0.15) is 52.4 Å². The van der Waals surface area contributed by atoms with E-state index in [1.165, 1.54) is 42.1 Å². The van der Waals surface area contributed by atoms with Crippen molar-refractivity contribution in [3.05, 3.63) is 11.9 Å². The summed E-state index contributed by atoms with van der Waals surface area (Å²) in [6, 6.07) is 0. The van der Waals surface area contributed by atoms with Crippen LogP contribution in [0.4, 0.5) is 0 Å². The minimum absolute atomic E-state index is 1.16. The highest BCUT2D eigenvalue weighted by Crippen LogP contribution is 2.10. The van der Waals surface area contributed by atoms with Gasteiger partial charge in [-0.1, -0.05) is 26.7 Å². The van der Waals surface area contributed by atoms with Crippen LogP contribution in [0, 0.1) is 0 Å². The molecule has 0 aliphatic carbocycles. The van der Waals surface area contributed by atoms with E-state index in [4.69, 9.17) is 0 Å². The fourth-order valence-corrected chi connectivity index (χ4v) is 1.71. The minimum Gasteiger partial charge on any atom is -0.264 e. The van der Waals surface area contributed by atoms with Gasteiger partial charge in [0.25, 0.3) is 0 Å². The Morgan fingerprint density at radius 3 is 2.43 bits per heavy atom. The van der Waals surface area contributed by atoms with Gasteiger partial charge in [0.1, 0.15) is 6.20 Å². The predicted molar refractivity (Wildman–Crippen MR) is 61.5 cm³/mol. The number of hydrogen-bond donors (Lipinski definition) is 1. The van der Waals surface area contributed by atoms with Crippen molar-refractivity contribution in [3.63, 3.8) is 0 Å². The maximum Gasteiger partial charge on any atom is 0.205 e. The van der Waals surface area contributed by atoms with Gasteiger partial charge < -0.3 is 0 Å². The van der Waals surface area contributed by atoms with E-state index in [0.717, 1.165) is 12.8 Å². The molecule has 2 nitrogen and oxygen atoms in total. The average molecular weight is 195 g/mol. The Bertz CT molecular complexity index is 228. The van der Waals surface area contributed by atoms with Crippen LogP contribution in [0.5, 0.6) is 0 Å². The third-order valence-electron chi connectivity index (χ3n) is 2.67. The number of unbranched alkanes of at least 4 members (excludes halogenated alkanes) is 2. The summed E-state index contributed by atoms with van der Waals surface area (Å²) in [5, 5.41) is 0. The van der Waals surface area contributed by atoms with Gasteiger partial charge in [0.15, 0.2) is 0 Å². The number of quaternary nitrogens is 1. The van der Waals surface area contributed by atoms with Gasteiger partial charge in [0, 0.05) is 6.42 Å². The molecule has 0 radical (unpaired) electrons. The number of allylic oxidation sites excluding steroid dienone is 1. The highest BCUT2D eigenvalue weighted by Gasteiger charge is 2.18. The van der Waals surface area contributed by atoms with Crippen LogP contribution in [0.2, 0.25) is 0 Å². The first-order valence-electron chi connectivity index (χ1n) is 5.90. The zero-order chi connectivity index (χ0) is 10.4. The second-order valence-electron chi connectivity index (χ2n) is 4.08. The molecule has 0 bridgehead atoms. The molecular weight excluding hydrogens is 172 g/mol. The van der Waals surface area contributed by atoms with Crippen LogP contribution in [-0.4, -0.2) is 12.9 Å². The molecule has 0 aromatic carbocycles. The molecule has 2 heteroatoms. The topological polar surface area (TPSA) is 16.8 Å². The number of aliphatic imine (C=N–C) groups is 1. The third kappa shape index (κ3) is 3.26. The average Bonchev–Trinajstić information content (AvgIpc) is 2.53. The first-order chi connectivity index (χ1) is 6.77. The van der Waals surface area contributed by atoms with Crippen molar-refractivity contribution >= 4 is 5.84 Å². The molecule has 0 spiro atoms. The van der Waals surface area contributed by atoms with Gasteiger partial charge in [-0.05, 0) is 19.3 Å². The van der Waals surface area contributed by atoms with Gasteiger partial charge in [-0.25, -0.2) is 0 Å². The number of nitrogens with zero attached hydrogens (tertiary/aromatic N) is 1. The van der Waals surface area contributed by atoms with Crippen LogP contribution in [0.3, 0.4) is 0 Å². The fraction of sp³-hybridized carbons (Fsp3) is 0.750. The SMILES string of the molecule is CCCCC1=C[NH+](C)C(CCCC)=N1. The summed E-state index contributed by atoms with van der Waals surface area (Å²) in [5.74, 6) is 1.33. The molecule has 0 aromatic rings. The molecule has 0 saturated heterocycles. The van der Waals surface area contributed by atoms with Gasteiger partial charge in [0.2, 0.25) is 5.84 Å². The van der Waals surface area contributed by atoms with E-state index in [9.17, 15) is 0 Å². The van der Waals surface area contributed by atoms with E-state index in [1.807, 2.05) is 0 Å². The Kier molecular flexibility index (Phi) is 4.88. The smallest absolute Gasteiger partial charge is 0.205 e. The van der Waals surface area contributed by atoms with Crippen molar-refractivity contribution in [2.75, 3.05) is 7.05 Å². The molecule has 0 fully saturated rings. The number of amidine groups is 1. The molecule has 1 rings (SSSR count). The quantitative estimate of drug-likeness (QED) is 0.669. The second kappa shape index (κ2) is 5.97. The van der Waals surface area contributed by atoms with Crippen LogP contribution in [0.15, 0.2) is 16.9 Å². The van der Waals surface area contributed by atoms with Crippen LogP contribution in [0.25, 0.3) is 0 Å². The zero-order valence-corrected chi connectivity index (χ0v) is 9.77. The van der Waals surface area contributed by atoms with Crippen molar-refractivity contribution in [3.8, 4) is 0 Å². The van der Waals surface area contributed by atoms with Crippen molar-refractivity contribution < 1.29 is 4.90 Å². The number of rotatable bonds is 6. The standard InChI is InChI=1S/C12H22N2/c1-4-6-8-11-10-14(3)12(13-11)9-7-5-2/h10H,4-9H2,1-3H3/p+1. The largest absolute Gasteiger partial charge is 0.264 e.